The summed E-state index contributed by atoms with van der Waals surface area (Å²) in [5, 5.41) is 16.3. The summed E-state index contributed by atoms with van der Waals surface area (Å²) in [6, 6.07) is 1.76. The number of aliphatic hydroxyl groups excluding tert-OH is 1. The van der Waals surface area contributed by atoms with Crippen LogP contribution in [0.25, 0.3) is 0 Å². The van der Waals surface area contributed by atoms with E-state index in [0.29, 0.717) is 18.2 Å². The molecule has 0 saturated carbocycles. The molecule has 0 aliphatic carbocycles. The maximum Gasteiger partial charge on any atom is 0.226 e. The largest absolute Gasteiger partial charge is 0.395 e. The number of hydrogen-bond donors (Lipinski definition) is 3. The number of nitrogens with two attached hydrogens (primary N) is 1. The molecule has 0 aromatic carbocycles. The van der Waals surface area contributed by atoms with Gasteiger partial charge in [0.1, 0.15) is 11.5 Å². The van der Waals surface area contributed by atoms with Gasteiger partial charge in [-0.25, -0.2) is 9.97 Å². The number of nitrogen functional groups attached to an aromatic ring is 1. The third-order valence-electron chi connectivity index (χ3n) is 2.14. The molecule has 1 aromatic heterocycles. The molecule has 1 aromatic rings. The van der Waals surface area contributed by atoms with Gasteiger partial charge in [0.2, 0.25) is 5.95 Å². The van der Waals surface area contributed by atoms with E-state index < -0.39 is 0 Å². The summed E-state index contributed by atoms with van der Waals surface area (Å²) in [7, 11) is 0. The van der Waals surface area contributed by atoms with E-state index in [1.54, 1.807) is 12.3 Å². The molecule has 1 rings (SSSR count). The smallest absolute Gasteiger partial charge is 0.226 e. The molecule has 0 aliphatic heterocycles. The van der Waals surface area contributed by atoms with Gasteiger partial charge in [-0.15, -0.1) is 0 Å². The van der Waals surface area contributed by atoms with Gasteiger partial charge in [-0.05, 0) is 19.9 Å². The summed E-state index contributed by atoms with van der Waals surface area (Å²) >= 11 is 0. The highest BCUT2D eigenvalue weighted by Crippen LogP contribution is 2.10. The van der Waals surface area contributed by atoms with E-state index >= 15 is 0 Å². The predicted octanol–water partition coefficient (Wildman–Crippen LogP) is -0.0322. The van der Waals surface area contributed by atoms with Gasteiger partial charge in [0.15, 0.2) is 0 Å². The van der Waals surface area contributed by atoms with Gasteiger partial charge in [0.25, 0.3) is 0 Å². The van der Waals surface area contributed by atoms with Crippen molar-refractivity contribution in [2.24, 2.45) is 5.73 Å². The molecule has 1 heterocycles. The van der Waals surface area contributed by atoms with Gasteiger partial charge in [-0.2, -0.15) is 0 Å². The summed E-state index contributed by atoms with van der Waals surface area (Å²) in [5.41, 5.74) is 5.75. The Balaban J connectivity index is 3.00. The minimum absolute atomic E-state index is 0.0336. The van der Waals surface area contributed by atoms with E-state index in [4.69, 9.17) is 16.2 Å². The van der Waals surface area contributed by atoms with Gasteiger partial charge in [-0.3, -0.25) is 5.41 Å². The molecule has 0 amide bonds. The van der Waals surface area contributed by atoms with Crippen LogP contribution in [0.2, 0.25) is 0 Å². The minimum Gasteiger partial charge on any atom is -0.395 e. The number of amidine groups is 1. The van der Waals surface area contributed by atoms with Gasteiger partial charge in [0.05, 0.1) is 6.61 Å². The Kier molecular flexibility index (Phi) is 4.19. The molecule has 0 atom stereocenters. The van der Waals surface area contributed by atoms with Gasteiger partial charge in [0, 0.05) is 18.8 Å². The molecule has 88 valence electrons. The molecule has 16 heavy (non-hydrogen) atoms. The van der Waals surface area contributed by atoms with Crippen molar-refractivity contribution in [1.29, 1.82) is 5.41 Å². The number of nitrogens with one attached hydrogen (secondary N) is 1. The highest BCUT2D eigenvalue weighted by molar-refractivity contribution is 5.93. The van der Waals surface area contributed by atoms with Crippen molar-refractivity contribution in [1.82, 2.24) is 9.97 Å². The Morgan fingerprint density at radius 1 is 1.62 bits per heavy atom. The molecular formula is C10H17N5O. The molecule has 0 radical (unpaired) electrons. The lowest BCUT2D eigenvalue weighted by atomic mass is 10.3. The maximum atomic E-state index is 8.96. The van der Waals surface area contributed by atoms with Crippen molar-refractivity contribution in [3.8, 4) is 0 Å². The second-order valence-electron chi connectivity index (χ2n) is 3.67. The van der Waals surface area contributed by atoms with Crippen LogP contribution in [-0.2, 0) is 0 Å². The van der Waals surface area contributed by atoms with Crippen LogP contribution in [0, 0.1) is 5.41 Å². The highest BCUT2D eigenvalue weighted by atomic mass is 16.3. The summed E-state index contributed by atoms with van der Waals surface area (Å²) in [6.45, 7) is 4.46. The minimum atomic E-state index is -0.0867. The summed E-state index contributed by atoms with van der Waals surface area (Å²) in [4.78, 5) is 10.1. The first-order chi connectivity index (χ1) is 7.56. The van der Waals surface area contributed by atoms with Crippen molar-refractivity contribution in [3.05, 3.63) is 18.0 Å². The van der Waals surface area contributed by atoms with Crippen LogP contribution in [0.4, 0.5) is 5.95 Å². The number of rotatable bonds is 5. The van der Waals surface area contributed by atoms with Crippen LogP contribution in [0.3, 0.4) is 0 Å². The number of anilines is 1. The average molecular weight is 223 g/mol. The van der Waals surface area contributed by atoms with Gasteiger partial charge >= 0.3 is 0 Å². The lowest BCUT2D eigenvalue weighted by Crippen LogP contribution is -2.35. The van der Waals surface area contributed by atoms with E-state index in [0.717, 1.165) is 0 Å². The maximum absolute atomic E-state index is 8.96. The van der Waals surface area contributed by atoms with Crippen molar-refractivity contribution in [3.63, 3.8) is 0 Å². The topological polar surface area (TPSA) is 99.1 Å². The van der Waals surface area contributed by atoms with Crippen LogP contribution in [0.1, 0.15) is 19.5 Å². The molecule has 0 fully saturated rings. The lowest BCUT2D eigenvalue weighted by molar-refractivity contribution is 0.298. The van der Waals surface area contributed by atoms with E-state index in [9.17, 15) is 0 Å². The molecule has 0 unspecified atom stereocenters. The first-order valence-corrected chi connectivity index (χ1v) is 5.11. The van der Waals surface area contributed by atoms with E-state index in [1.165, 1.54) is 0 Å². The van der Waals surface area contributed by atoms with Crippen molar-refractivity contribution >= 4 is 11.8 Å². The fourth-order valence-corrected chi connectivity index (χ4v) is 1.33. The van der Waals surface area contributed by atoms with Crippen LogP contribution in [0.15, 0.2) is 12.3 Å². The number of aromatic nitrogens is 2. The highest BCUT2D eigenvalue weighted by Gasteiger charge is 2.13. The fraction of sp³-hybridized carbons (Fsp3) is 0.500. The number of hydrogen-bond acceptors (Lipinski definition) is 5. The second-order valence-corrected chi connectivity index (χ2v) is 3.67. The average Bonchev–Trinajstić information content (AvgIpc) is 2.25. The zero-order valence-corrected chi connectivity index (χ0v) is 9.51. The molecule has 6 heteroatoms. The van der Waals surface area contributed by atoms with Crippen LogP contribution >= 0.6 is 0 Å². The first kappa shape index (κ1) is 12.4. The molecule has 6 nitrogen and oxygen atoms in total. The Morgan fingerprint density at radius 2 is 2.31 bits per heavy atom. The summed E-state index contributed by atoms with van der Waals surface area (Å²) in [5.74, 6) is 0.396. The Morgan fingerprint density at radius 3 is 2.81 bits per heavy atom. The third-order valence-corrected chi connectivity index (χ3v) is 2.14. The Bertz CT molecular complexity index is 366. The molecular weight excluding hydrogens is 206 g/mol. The number of nitrogens with zero attached hydrogens (tertiary/aromatic N) is 3. The van der Waals surface area contributed by atoms with Crippen molar-refractivity contribution < 1.29 is 5.11 Å². The normalized spacial score (nSPS) is 10.5. The summed E-state index contributed by atoms with van der Waals surface area (Å²) in [6.07, 6.45) is 1.56. The van der Waals surface area contributed by atoms with E-state index in [-0.39, 0.29) is 18.5 Å². The zero-order chi connectivity index (χ0) is 12.1. The third kappa shape index (κ3) is 2.90. The van der Waals surface area contributed by atoms with Gasteiger partial charge < -0.3 is 15.7 Å². The number of aliphatic hydroxyl groups is 1. The van der Waals surface area contributed by atoms with Gasteiger partial charge in [-0.1, -0.05) is 0 Å². The van der Waals surface area contributed by atoms with Crippen LogP contribution < -0.4 is 10.6 Å². The second kappa shape index (κ2) is 5.41. The van der Waals surface area contributed by atoms with Crippen LogP contribution in [0.5, 0.6) is 0 Å². The first-order valence-electron chi connectivity index (χ1n) is 5.11. The molecule has 0 aliphatic rings. The van der Waals surface area contributed by atoms with Crippen molar-refractivity contribution in [2.75, 3.05) is 18.1 Å². The van der Waals surface area contributed by atoms with Crippen molar-refractivity contribution in [2.45, 2.75) is 19.9 Å². The fourth-order valence-electron chi connectivity index (χ4n) is 1.33. The SMILES string of the molecule is CC(C)N(CCO)c1nccc(C(=N)N)n1. The van der Waals surface area contributed by atoms with Crippen LogP contribution in [-0.4, -0.2) is 40.1 Å². The Hall–Kier alpha value is -1.69. The Labute approximate surface area is 94.6 Å². The lowest BCUT2D eigenvalue weighted by Gasteiger charge is -2.25. The van der Waals surface area contributed by atoms with E-state index in [2.05, 4.69) is 9.97 Å². The standard InChI is InChI=1S/C10H17N5O/c1-7(2)15(5-6-16)10-13-4-3-8(14-10)9(11)12/h3-4,7,16H,5-6H2,1-2H3,(H3,11,12). The molecule has 0 saturated heterocycles. The molecule has 0 spiro atoms. The zero-order valence-electron chi connectivity index (χ0n) is 9.51. The summed E-state index contributed by atoms with van der Waals surface area (Å²) < 4.78 is 0. The predicted molar refractivity (Wildman–Crippen MR) is 62.6 cm³/mol. The monoisotopic (exact) mass is 223 g/mol. The quantitative estimate of drug-likeness (QED) is 0.481. The molecule has 4 N–H and O–H groups in total. The van der Waals surface area contributed by atoms with E-state index in [1.807, 2.05) is 18.7 Å². The molecule has 0 bridgehead atoms.